The van der Waals surface area contributed by atoms with E-state index in [0.29, 0.717) is 13.2 Å². The molecule has 0 radical (unpaired) electrons. The Kier molecular flexibility index (Phi) is 6.24. The number of para-hydroxylation sites is 1. The number of carbonyl (C=O) groups is 1. The van der Waals surface area contributed by atoms with Crippen LogP contribution in [-0.4, -0.2) is 25.2 Å². The van der Waals surface area contributed by atoms with E-state index in [0.717, 1.165) is 22.6 Å². The molecule has 1 atom stereocenters. The molecule has 0 heterocycles. The SMILES string of the molecule is Cc1ccccc1OC(C)C(=O)NCCOc1cccc(C)c1C. The molecule has 1 unspecified atom stereocenters. The van der Waals surface area contributed by atoms with E-state index in [4.69, 9.17) is 9.47 Å². The number of nitrogens with one attached hydrogen (secondary N) is 1. The zero-order chi connectivity index (χ0) is 17.5. The number of hydrogen-bond acceptors (Lipinski definition) is 3. The van der Waals surface area contributed by atoms with Gasteiger partial charge in [-0.1, -0.05) is 30.3 Å². The molecule has 4 heteroatoms. The number of benzene rings is 2. The largest absolute Gasteiger partial charge is 0.491 e. The maximum Gasteiger partial charge on any atom is 0.260 e. The summed E-state index contributed by atoms with van der Waals surface area (Å²) in [5.74, 6) is 1.43. The number of hydrogen-bond donors (Lipinski definition) is 1. The van der Waals surface area contributed by atoms with Crippen molar-refractivity contribution in [2.75, 3.05) is 13.2 Å². The fourth-order valence-corrected chi connectivity index (χ4v) is 2.29. The van der Waals surface area contributed by atoms with E-state index in [1.807, 2.05) is 50.2 Å². The third-order valence-corrected chi connectivity index (χ3v) is 3.98. The van der Waals surface area contributed by atoms with Crippen LogP contribution in [-0.2, 0) is 4.79 Å². The third kappa shape index (κ3) is 4.75. The Labute approximate surface area is 143 Å². The van der Waals surface area contributed by atoms with Crippen LogP contribution in [0.15, 0.2) is 42.5 Å². The summed E-state index contributed by atoms with van der Waals surface area (Å²) in [7, 11) is 0. The van der Waals surface area contributed by atoms with Gasteiger partial charge in [-0.2, -0.15) is 0 Å². The van der Waals surface area contributed by atoms with Crippen molar-refractivity contribution in [1.82, 2.24) is 5.32 Å². The molecule has 0 saturated carbocycles. The highest BCUT2D eigenvalue weighted by Gasteiger charge is 2.15. The van der Waals surface area contributed by atoms with E-state index in [9.17, 15) is 4.79 Å². The van der Waals surface area contributed by atoms with Crippen molar-refractivity contribution >= 4 is 5.91 Å². The molecule has 0 aliphatic carbocycles. The summed E-state index contributed by atoms with van der Waals surface area (Å²) in [4.78, 5) is 12.1. The van der Waals surface area contributed by atoms with Crippen molar-refractivity contribution in [3.05, 3.63) is 59.2 Å². The highest BCUT2D eigenvalue weighted by atomic mass is 16.5. The molecule has 24 heavy (non-hydrogen) atoms. The molecule has 2 rings (SSSR count). The molecule has 1 N–H and O–H groups in total. The van der Waals surface area contributed by atoms with Crippen LogP contribution in [0.25, 0.3) is 0 Å². The zero-order valence-electron chi connectivity index (χ0n) is 14.8. The third-order valence-electron chi connectivity index (χ3n) is 3.98. The Bertz CT molecular complexity index is 697. The van der Waals surface area contributed by atoms with Gasteiger partial charge in [0, 0.05) is 0 Å². The van der Waals surface area contributed by atoms with Crippen LogP contribution in [0.4, 0.5) is 0 Å². The van der Waals surface area contributed by atoms with Crippen molar-refractivity contribution < 1.29 is 14.3 Å². The van der Waals surface area contributed by atoms with E-state index in [2.05, 4.69) is 18.3 Å². The summed E-state index contributed by atoms with van der Waals surface area (Å²) < 4.78 is 11.4. The topological polar surface area (TPSA) is 47.6 Å². The summed E-state index contributed by atoms with van der Waals surface area (Å²) in [5.41, 5.74) is 3.33. The monoisotopic (exact) mass is 327 g/mol. The Hall–Kier alpha value is -2.49. The molecule has 0 fully saturated rings. The molecule has 0 spiro atoms. The minimum atomic E-state index is -0.549. The maximum atomic E-state index is 12.1. The van der Waals surface area contributed by atoms with Gasteiger partial charge in [0.15, 0.2) is 6.10 Å². The lowest BCUT2D eigenvalue weighted by molar-refractivity contribution is -0.127. The van der Waals surface area contributed by atoms with E-state index >= 15 is 0 Å². The maximum absolute atomic E-state index is 12.1. The first kappa shape index (κ1) is 17.9. The van der Waals surface area contributed by atoms with E-state index in [1.54, 1.807) is 6.92 Å². The molecule has 128 valence electrons. The number of carbonyl (C=O) groups excluding carboxylic acids is 1. The van der Waals surface area contributed by atoms with Crippen molar-refractivity contribution in [3.63, 3.8) is 0 Å². The quantitative estimate of drug-likeness (QED) is 0.791. The first-order valence-corrected chi connectivity index (χ1v) is 8.18. The predicted octanol–water partition coefficient (Wildman–Crippen LogP) is 3.57. The molecule has 0 saturated heterocycles. The van der Waals surface area contributed by atoms with E-state index in [1.165, 1.54) is 5.56 Å². The lowest BCUT2D eigenvalue weighted by Crippen LogP contribution is -2.38. The fraction of sp³-hybridized carbons (Fsp3) is 0.350. The standard InChI is InChI=1S/C20H25NO3/c1-14-9-7-11-19(16(14)3)23-13-12-21-20(22)17(4)24-18-10-6-5-8-15(18)2/h5-11,17H,12-13H2,1-4H3,(H,21,22). The minimum Gasteiger partial charge on any atom is -0.491 e. The van der Waals surface area contributed by atoms with Crippen molar-refractivity contribution in [2.45, 2.75) is 33.8 Å². The Morgan fingerprint density at radius 1 is 1.00 bits per heavy atom. The van der Waals surface area contributed by atoms with Gasteiger partial charge in [0.05, 0.1) is 6.54 Å². The number of rotatable bonds is 7. The molecule has 4 nitrogen and oxygen atoms in total. The molecule has 0 aliphatic heterocycles. The van der Waals surface area contributed by atoms with Crippen LogP contribution in [0.2, 0.25) is 0 Å². The summed E-state index contributed by atoms with van der Waals surface area (Å²) in [6, 6.07) is 13.6. The van der Waals surface area contributed by atoms with Crippen molar-refractivity contribution in [2.24, 2.45) is 0 Å². The average Bonchev–Trinajstić information content (AvgIpc) is 2.57. The Morgan fingerprint density at radius 3 is 2.42 bits per heavy atom. The molecule has 0 aromatic heterocycles. The van der Waals surface area contributed by atoms with Gasteiger partial charge in [-0.15, -0.1) is 0 Å². The van der Waals surface area contributed by atoms with E-state index in [-0.39, 0.29) is 5.91 Å². The number of amides is 1. The summed E-state index contributed by atoms with van der Waals surface area (Å²) in [5, 5.41) is 2.84. The second-order valence-electron chi connectivity index (χ2n) is 5.86. The second kappa shape index (κ2) is 8.39. The molecule has 0 aliphatic rings. The normalized spacial score (nSPS) is 11.7. The summed E-state index contributed by atoms with van der Waals surface area (Å²) in [6.45, 7) is 8.64. The van der Waals surface area contributed by atoms with Crippen LogP contribution < -0.4 is 14.8 Å². The Morgan fingerprint density at radius 2 is 1.67 bits per heavy atom. The lowest BCUT2D eigenvalue weighted by atomic mass is 10.1. The van der Waals surface area contributed by atoms with Crippen molar-refractivity contribution in [3.8, 4) is 11.5 Å². The van der Waals surface area contributed by atoms with Gasteiger partial charge >= 0.3 is 0 Å². The fourth-order valence-electron chi connectivity index (χ4n) is 2.29. The van der Waals surface area contributed by atoms with Gasteiger partial charge < -0.3 is 14.8 Å². The number of aryl methyl sites for hydroxylation is 2. The zero-order valence-corrected chi connectivity index (χ0v) is 14.8. The van der Waals surface area contributed by atoms with Gasteiger partial charge in [0.2, 0.25) is 0 Å². The smallest absolute Gasteiger partial charge is 0.260 e. The molecule has 0 bridgehead atoms. The van der Waals surface area contributed by atoms with Crippen LogP contribution in [0.3, 0.4) is 0 Å². The second-order valence-corrected chi connectivity index (χ2v) is 5.86. The molecule has 1 amide bonds. The lowest BCUT2D eigenvalue weighted by Gasteiger charge is -2.16. The minimum absolute atomic E-state index is 0.150. The highest BCUT2D eigenvalue weighted by molar-refractivity contribution is 5.80. The number of ether oxygens (including phenoxy) is 2. The van der Waals surface area contributed by atoms with Crippen LogP contribution in [0, 0.1) is 20.8 Å². The Balaban J connectivity index is 1.76. The first-order valence-electron chi connectivity index (χ1n) is 8.18. The highest BCUT2D eigenvalue weighted by Crippen LogP contribution is 2.20. The molecule has 2 aromatic rings. The average molecular weight is 327 g/mol. The van der Waals surface area contributed by atoms with Gasteiger partial charge in [0.25, 0.3) is 5.91 Å². The predicted molar refractivity (Wildman–Crippen MR) is 95.7 cm³/mol. The van der Waals surface area contributed by atoms with Gasteiger partial charge in [-0.25, -0.2) is 0 Å². The molecular formula is C20H25NO3. The van der Waals surface area contributed by atoms with Crippen LogP contribution in [0.5, 0.6) is 11.5 Å². The molecule has 2 aromatic carbocycles. The van der Waals surface area contributed by atoms with Gasteiger partial charge in [0.1, 0.15) is 18.1 Å². The van der Waals surface area contributed by atoms with Gasteiger partial charge in [-0.05, 0) is 56.5 Å². The summed E-state index contributed by atoms with van der Waals surface area (Å²) in [6.07, 6.45) is -0.549. The van der Waals surface area contributed by atoms with E-state index < -0.39 is 6.10 Å². The molecular weight excluding hydrogens is 302 g/mol. The summed E-state index contributed by atoms with van der Waals surface area (Å²) >= 11 is 0. The van der Waals surface area contributed by atoms with Gasteiger partial charge in [-0.3, -0.25) is 4.79 Å². The van der Waals surface area contributed by atoms with Crippen LogP contribution in [0.1, 0.15) is 23.6 Å². The van der Waals surface area contributed by atoms with Crippen LogP contribution >= 0.6 is 0 Å². The van der Waals surface area contributed by atoms with Crippen molar-refractivity contribution in [1.29, 1.82) is 0 Å². The first-order chi connectivity index (χ1) is 11.5.